The van der Waals surface area contributed by atoms with Crippen molar-refractivity contribution in [1.29, 1.82) is 0 Å². The van der Waals surface area contributed by atoms with Gasteiger partial charge in [0.1, 0.15) is 5.54 Å². The van der Waals surface area contributed by atoms with Crippen molar-refractivity contribution in [2.45, 2.75) is 51.7 Å². The molecule has 2 N–H and O–H groups in total. The first-order chi connectivity index (χ1) is 11.8. The Balaban J connectivity index is 1.83. The summed E-state index contributed by atoms with van der Waals surface area (Å²) in [5, 5.41) is 12.6. The summed E-state index contributed by atoms with van der Waals surface area (Å²) in [7, 11) is 0. The number of aliphatic carboxylic acids is 1. The highest BCUT2D eigenvalue weighted by atomic mass is 16.5. The number of hydrogen-bond acceptors (Lipinski definition) is 3. The third-order valence-corrected chi connectivity index (χ3v) is 5.74. The molecule has 25 heavy (non-hydrogen) atoms. The minimum absolute atomic E-state index is 0.178. The van der Waals surface area contributed by atoms with E-state index in [0.29, 0.717) is 12.2 Å². The first-order valence-corrected chi connectivity index (χ1v) is 8.79. The van der Waals surface area contributed by atoms with E-state index in [1.165, 1.54) is 0 Å². The van der Waals surface area contributed by atoms with Gasteiger partial charge in [-0.1, -0.05) is 32.1 Å². The molecular weight excluding hydrogens is 318 g/mol. The number of nitrogens with one attached hydrogen (secondary N) is 1. The van der Waals surface area contributed by atoms with Crippen molar-refractivity contribution in [2.75, 3.05) is 6.61 Å². The van der Waals surface area contributed by atoms with E-state index < -0.39 is 16.9 Å². The predicted octanol–water partition coefficient (Wildman–Crippen LogP) is 3.03. The molecular formula is C20H25NO4. The average Bonchev–Trinajstić information content (AvgIpc) is 2.59. The van der Waals surface area contributed by atoms with Crippen molar-refractivity contribution >= 4 is 18.0 Å². The summed E-state index contributed by atoms with van der Waals surface area (Å²) in [5.74, 6) is -1.36. The molecule has 2 aliphatic carbocycles. The van der Waals surface area contributed by atoms with Crippen LogP contribution in [0.2, 0.25) is 0 Å². The Morgan fingerprint density at radius 3 is 2.76 bits per heavy atom. The fourth-order valence-corrected chi connectivity index (χ4v) is 3.88. The Bertz CT molecular complexity index is 737. The number of amides is 1. The third-order valence-electron chi connectivity index (χ3n) is 5.74. The molecule has 5 nitrogen and oxygen atoms in total. The maximum Gasteiger partial charge on any atom is 0.330 e. The third kappa shape index (κ3) is 2.76. The summed E-state index contributed by atoms with van der Waals surface area (Å²) in [5.41, 5.74) is 0.766. The molecule has 0 saturated heterocycles. The van der Waals surface area contributed by atoms with Crippen LogP contribution in [0.25, 0.3) is 6.08 Å². The molecule has 0 aromatic heterocycles. The second-order valence-corrected chi connectivity index (χ2v) is 7.39. The summed E-state index contributed by atoms with van der Waals surface area (Å²) >= 11 is 0. The van der Waals surface area contributed by atoms with E-state index in [4.69, 9.17) is 4.74 Å². The van der Waals surface area contributed by atoms with Gasteiger partial charge >= 0.3 is 5.97 Å². The fourth-order valence-electron chi connectivity index (χ4n) is 3.88. The molecule has 3 rings (SSSR count). The lowest BCUT2D eigenvalue weighted by Crippen LogP contribution is -2.76. The molecule has 5 heteroatoms. The summed E-state index contributed by atoms with van der Waals surface area (Å²) in [6.45, 7) is 6.08. The number of allylic oxidation sites excluding steroid dienone is 1. The number of benzene rings is 1. The van der Waals surface area contributed by atoms with E-state index in [2.05, 4.69) is 17.5 Å². The van der Waals surface area contributed by atoms with Crippen LogP contribution in [-0.2, 0) is 16.0 Å². The highest BCUT2D eigenvalue weighted by Gasteiger charge is 2.66. The molecule has 1 amide bonds. The molecule has 2 atom stereocenters. The summed E-state index contributed by atoms with van der Waals surface area (Å²) in [6.07, 6.45) is 6.13. The fraction of sp³-hybridized carbons (Fsp3) is 0.500. The molecule has 2 unspecified atom stereocenters. The first-order valence-electron chi connectivity index (χ1n) is 8.79. The molecule has 0 radical (unpaired) electrons. The maximum atomic E-state index is 12.8. The first kappa shape index (κ1) is 17.7. The molecule has 0 spiro atoms. The van der Waals surface area contributed by atoms with Crippen molar-refractivity contribution in [3.63, 3.8) is 0 Å². The number of rotatable bonds is 5. The zero-order valence-electron chi connectivity index (χ0n) is 15.0. The number of carbonyl (C=O) groups is 2. The minimum atomic E-state index is -1.31. The van der Waals surface area contributed by atoms with Crippen LogP contribution >= 0.6 is 0 Å². The Morgan fingerprint density at radius 2 is 2.12 bits per heavy atom. The molecule has 134 valence electrons. The van der Waals surface area contributed by atoms with Gasteiger partial charge in [-0.15, -0.1) is 0 Å². The van der Waals surface area contributed by atoms with Crippen LogP contribution in [0.4, 0.5) is 0 Å². The average molecular weight is 343 g/mol. The van der Waals surface area contributed by atoms with Crippen molar-refractivity contribution in [3.05, 3.63) is 41.0 Å². The lowest BCUT2D eigenvalue weighted by atomic mass is 9.54. The highest BCUT2D eigenvalue weighted by Crippen LogP contribution is 2.51. The number of aryl methyl sites for hydroxylation is 1. The number of ether oxygens (including phenoxy) is 1. The van der Waals surface area contributed by atoms with Gasteiger partial charge in [0, 0.05) is 24.0 Å². The molecule has 0 aliphatic heterocycles. The van der Waals surface area contributed by atoms with E-state index in [1.807, 2.05) is 32.9 Å². The SMILES string of the molecule is CCOC1CC(NC(=O)c2ccc3c(c2)CCC=C3)(C(=O)O)C1(C)C. The normalized spacial score (nSPS) is 26.4. The van der Waals surface area contributed by atoms with Crippen LogP contribution < -0.4 is 5.32 Å². The van der Waals surface area contributed by atoms with Crippen molar-refractivity contribution in [1.82, 2.24) is 5.32 Å². The van der Waals surface area contributed by atoms with Crippen LogP contribution in [-0.4, -0.2) is 35.2 Å². The molecule has 1 aromatic rings. The van der Waals surface area contributed by atoms with Crippen LogP contribution in [0, 0.1) is 5.41 Å². The van der Waals surface area contributed by atoms with Gasteiger partial charge in [-0.3, -0.25) is 4.79 Å². The standard InChI is InChI=1S/C20H25NO4/c1-4-25-16-12-20(18(23)24,19(16,2)3)21-17(22)15-10-9-13-7-5-6-8-14(13)11-15/h5,7,9-11,16H,4,6,8,12H2,1-3H3,(H,21,22)(H,23,24). The van der Waals surface area contributed by atoms with Crippen LogP contribution in [0.5, 0.6) is 0 Å². The lowest BCUT2D eigenvalue weighted by Gasteiger charge is -2.58. The minimum Gasteiger partial charge on any atom is -0.479 e. The molecule has 1 fully saturated rings. The summed E-state index contributed by atoms with van der Waals surface area (Å²) in [6, 6.07) is 5.54. The Morgan fingerprint density at radius 1 is 1.36 bits per heavy atom. The second kappa shape index (κ2) is 6.30. The van der Waals surface area contributed by atoms with Gasteiger partial charge in [0.25, 0.3) is 5.91 Å². The van der Waals surface area contributed by atoms with Gasteiger partial charge in [0.05, 0.1) is 6.10 Å². The monoisotopic (exact) mass is 343 g/mol. The van der Waals surface area contributed by atoms with Crippen LogP contribution in [0.1, 0.15) is 55.1 Å². The van der Waals surface area contributed by atoms with Crippen molar-refractivity contribution in [2.24, 2.45) is 5.41 Å². The van der Waals surface area contributed by atoms with E-state index in [-0.39, 0.29) is 18.4 Å². The Labute approximate surface area is 148 Å². The predicted molar refractivity (Wildman–Crippen MR) is 95.4 cm³/mol. The molecule has 0 bridgehead atoms. The number of carboxylic acids is 1. The van der Waals surface area contributed by atoms with Gasteiger partial charge in [-0.2, -0.15) is 0 Å². The number of carboxylic acid groups (broad SMARTS) is 1. The van der Waals surface area contributed by atoms with Gasteiger partial charge in [0.2, 0.25) is 0 Å². The maximum absolute atomic E-state index is 12.8. The van der Waals surface area contributed by atoms with E-state index >= 15 is 0 Å². The number of fused-ring (bicyclic) bond motifs is 1. The zero-order valence-corrected chi connectivity index (χ0v) is 15.0. The second-order valence-electron chi connectivity index (χ2n) is 7.39. The largest absolute Gasteiger partial charge is 0.479 e. The van der Waals surface area contributed by atoms with Crippen LogP contribution in [0.15, 0.2) is 24.3 Å². The summed E-state index contributed by atoms with van der Waals surface area (Å²) < 4.78 is 5.64. The van der Waals surface area contributed by atoms with Gasteiger partial charge in [-0.25, -0.2) is 4.79 Å². The molecule has 1 aromatic carbocycles. The summed E-state index contributed by atoms with van der Waals surface area (Å²) in [4.78, 5) is 24.8. The van der Waals surface area contributed by atoms with E-state index in [0.717, 1.165) is 24.0 Å². The van der Waals surface area contributed by atoms with Gasteiger partial charge in [0.15, 0.2) is 0 Å². The smallest absolute Gasteiger partial charge is 0.330 e. The van der Waals surface area contributed by atoms with Crippen molar-refractivity contribution < 1.29 is 19.4 Å². The van der Waals surface area contributed by atoms with E-state index in [9.17, 15) is 14.7 Å². The highest BCUT2D eigenvalue weighted by molar-refractivity contribution is 5.99. The van der Waals surface area contributed by atoms with Gasteiger partial charge in [-0.05, 0) is 43.0 Å². The molecule has 2 aliphatic rings. The number of hydrogen-bond donors (Lipinski definition) is 2. The number of carbonyl (C=O) groups excluding carboxylic acids is 1. The lowest BCUT2D eigenvalue weighted by molar-refractivity contribution is -0.190. The van der Waals surface area contributed by atoms with E-state index in [1.54, 1.807) is 6.07 Å². The quantitative estimate of drug-likeness (QED) is 0.862. The molecule has 0 heterocycles. The zero-order chi connectivity index (χ0) is 18.2. The van der Waals surface area contributed by atoms with Crippen LogP contribution in [0.3, 0.4) is 0 Å². The topological polar surface area (TPSA) is 75.6 Å². The van der Waals surface area contributed by atoms with Crippen molar-refractivity contribution in [3.8, 4) is 0 Å². The van der Waals surface area contributed by atoms with Gasteiger partial charge < -0.3 is 15.2 Å². The Hall–Kier alpha value is -2.14. The Kier molecular flexibility index (Phi) is 4.45. The molecule has 1 saturated carbocycles.